The van der Waals surface area contributed by atoms with Gasteiger partial charge in [0.05, 0.1) is 5.56 Å². The molecule has 110 valence electrons. The van der Waals surface area contributed by atoms with Crippen molar-refractivity contribution in [1.29, 1.82) is 0 Å². The lowest BCUT2D eigenvalue weighted by Crippen LogP contribution is -2.22. The van der Waals surface area contributed by atoms with E-state index in [1.165, 1.54) is 0 Å². The molecule has 21 heavy (non-hydrogen) atoms. The number of aryl methyl sites for hydroxylation is 1. The van der Waals surface area contributed by atoms with Gasteiger partial charge in [-0.3, -0.25) is 9.59 Å². The van der Waals surface area contributed by atoms with Crippen molar-refractivity contribution >= 4 is 53.6 Å². The van der Waals surface area contributed by atoms with Gasteiger partial charge in [-0.15, -0.1) is 0 Å². The molecule has 0 aliphatic heterocycles. The largest absolute Gasteiger partial charge is 0.353 e. The van der Waals surface area contributed by atoms with Gasteiger partial charge in [0.25, 0.3) is 0 Å². The Morgan fingerprint density at radius 1 is 1.29 bits per heavy atom. The number of nitrogens with zero attached hydrogens (tertiary/aromatic N) is 1. The Morgan fingerprint density at radius 2 is 2.00 bits per heavy atom. The molecule has 0 bridgehead atoms. The van der Waals surface area contributed by atoms with E-state index in [-0.39, 0.29) is 16.8 Å². The van der Waals surface area contributed by atoms with E-state index in [2.05, 4.69) is 47.8 Å². The summed E-state index contributed by atoms with van der Waals surface area (Å²) < 4.78 is 2.16. The zero-order valence-electron chi connectivity index (χ0n) is 11.1. The molecule has 0 aliphatic carbocycles. The normalized spacial score (nSPS) is 10.9. The lowest BCUT2D eigenvalue weighted by Gasteiger charge is -2.11. The first-order valence-corrected chi connectivity index (χ1v) is 8.89. The Kier molecular flexibility index (Phi) is 5.57. The van der Waals surface area contributed by atoms with E-state index in [0.717, 1.165) is 10.0 Å². The SMILES string of the molecule is CCn1cc(C(=O)C(Br)Br)c(=O)c(-c2cccc(Br)c2)c1. The van der Waals surface area contributed by atoms with E-state index in [4.69, 9.17) is 0 Å². The molecule has 2 rings (SSSR count). The number of carbonyl (C=O) groups is 1. The van der Waals surface area contributed by atoms with Gasteiger partial charge < -0.3 is 4.57 Å². The topological polar surface area (TPSA) is 39.1 Å². The molecule has 6 heteroatoms. The molecule has 0 saturated heterocycles. The fourth-order valence-electron chi connectivity index (χ4n) is 1.97. The third kappa shape index (κ3) is 3.73. The Balaban J connectivity index is 2.69. The highest BCUT2D eigenvalue weighted by atomic mass is 79.9. The number of benzene rings is 1. The van der Waals surface area contributed by atoms with Crippen LogP contribution in [0.5, 0.6) is 0 Å². The van der Waals surface area contributed by atoms with Gasteiger partial charge in [0, 0.05) is 29.0 Å². The van der Waals surface area contributed by atoms with Gasteiger partial charge >= 0.3 is 0 Å². The lowest BCUT2D eigenvalue weighted by molar-refractivity contribution is 0.101. The summed E-state index contributed by atoms with van der Waals surface area (Å²) in [6.07, 6.45) is 3.38. The van der Waals surface area contributed by atoms with Gasteiger partial charge in [-0.25, -0.2) is 0 Å². The molecule has 1 aromatic carbocycles. The third-order valence-corrected chi connectivity index (χ3v) is 4.37. The molecule has 0 fully saturated rings. The van der Waals surface area contributed by atoms with E-state index >= 15 is 0 Å². The monoisotopic (exact) mass is 475 g/mol. The molecule has 3 nitrogen and oxygen atoms in total. The van der Waals surface area contributed by atoms with Gasteiger partial charge in [-0.2, -0.15) is 0 Å². The lowest BCUT2D eigenvalue weighted by atomic mass is 10.0. The van der Waals surface area contributed by atoms with Gasteiger partial charge in [0.1, 0.15) is 3.74 Å². The third-order valence-electron chi connectivity index (χ3n) is 3.04. The second kappa shape index (κ2) is 7.03. The quantitative estimate of drug-likeness (QED) is 0.477. The standard InChI is InChI=1S/C15H12Br3NO2/c1-2-19-7-11(9-4-3-5-10(16)6-9)13(20)12(8-19)14(21)15(17)18/h3-8,15H,2H2,1H3. The Labute approximate surface area is 147 Å². The number of ketones is 1. The van der Waals surface area contributed by atoms with Crippen LogP contribution in [-0.2, 0) is 6.54 Å². The highest BCUT2D eigenvalue weighted by Gasteiger charge is 2.20. The van der Waals surface area contributed by atoms with Crippen molar-refractivity contribution in [2.24, 2.45) is 0 Å². The van der Waals surface area contributed by atoms with Crippen LogP contribution in [0.3, 0.4) is 0 Å². The summed E-state index contributed by atoms with van der Waals surface area (Å²) in [5.74, 6) is -0.279. The average molecular weight is 478 g/mol. The number of hydrogen-bond acceptors (Lipinski definition) is 2. The van der Waals surface area contributed by atoms with Gasteiger partial charge in [-0.1, -0.05) is 59.9 Å². The molecule has 1 heterocycles. The fourth-order valence-corrected chi connectivity index (χ4v) is 2.86. The van der Waals surface area contributed by atoms with E-state index < -0.39 is 3.74 Å². The predicted molar refractivity (Wildman–Crippen MR) is 95.5 cm³/mol. The minimum atomic E-state index is -0.569. The van der Waals surface area contributed by atoms with Crippen LogP contribution < -0.4 is 5.43 Å². The summed E-state index contributed by atoms with van der Waals surface area (Å²) in [5.41, 5.74) is 1.22. The zero-order valence-corrected chi connectivity index (χ0v) is 15.9. The summed E-state index contributed by atoms with van der Waals surface area (Å²) in [6.45, 7) is 2.64. The Bertz CT molecular complexity index is 738. The predicted octanol–water partition coefficient (Wildman–Crippen LogP) is 4.60. The summed E-state index contributed by atoms with van der Waals surface area (Å²) >= 11 is 9.72. The number of rotatable bonds is 4. The summed E-state index contributed by atoms with van der Waals surface area (Å²) in [6, 6.07) is 7.48. The summed E-state index contributed by atoms with van der Waals surface area (Å²) in [7, 11) is 0. The van der Waals surface area contributed by atoms with Crippen LogP contribution in [0.15, 0.2) is 45.9 Å². The molecule has 1 aromatic heterocycles. The highest BCUT2D eigenvalue weighted by Crippen LogP contribution is 2.22. The van der Waals surface area contributed by atoms with E-state index in [0.29, 0.717) is 12.1 Å². The van der Waals surface area contributed by atoms with Crippen LogP contribution in [0.4, 0.5) is 0 Å². The molecular formula is C15H12Br3NO2. The summed E-state index contributed by atoms with van der Waals surface area (Å²) in [5, 5.41) is 0. The first-order valence-electron chi connectivity index (χ1n) is 6.26. The Hall–Kier alpha value is -0.720. The van der Waals surface area contributed by atoms with Crippen LogP contribution in [0.25, 0.3) is 11.1 Å². The highest BCUT2D eigenvalue weighted by molar-refractivity contribution is 9.25. The van der Waals surface area contributed by atoms with Crippen molar-refractivity contribution in [3.63, 3.8) is 0 Å². The molecule has 0 amide bonds. The van der Waals surface area contributed by atoms with Gasteiger partial charge in [0.2, 0.25) is 0 Å². The van der Waals surface area contributed by atoms with E-state index in [1.54, 1.807) is 12.4 Å². The van der Waals surface area contributed by atoms with Crippen LogP contribution >= 0.6 is 47.8 Å². The summed E-state index contributed by atoms with van der Waals surface area (Å²) in [4.78, 5) is 24.8. The number of alkyl halides is 2. The molecular weight excluding hydrogens is 466 g/mol. The number of aromatic nitrogens is 1. The minimum Gasteiger partial charge on any atom is -0.353 e. The maximum atomic E-state index is 12.6. The fraction of sp³-hybridized carbons (Fsp3) is 0.200. The molecule has 0 aliphatic rings. The molecule has 0 saturated carbocycles. The van der Waals surface area contributed by atoms with Crippen LogP contribution in [-0.4, -0.2) is 14.1 Å². The molecule has 0 unspecified atom stereocenters. The number of pyridine rings is 1. The van der Waals surface area contributed by atoms with Crippen LogP contribution in [0.2, 0.25) is 0 Å². The Morgan fingerprint density at radius 3 is 2.57 bits per heavy atom. The molecule has 0 spiro atoms. The van der Waals surface area contributed by atoms with Gasteiger partial charge in [0.15, 0.2) is 11.2 Å². The number of halogens is 3. The van der Waals surface area contributed by atoms with Crippen LogP contribution in [0, 0.1) is 0 Å². The average Bonchev–Trinajstić information content (AvgIpc) is 2.46. The second-order valence-corrected chi connectivity index (χ2v) is 8.40. The second-order valence-electron chi connectivity index (χ2n) is 4.42. The van der Waals surface area contributed by atoms with E-state index in [1.807, 2.05) is 35.8 Å². The number of hydrogen-bond donors (Lipinski definition) is 0. The number of Topliss-reactive ketones (excluding diaryl/α,β-unsaturated/α-hetero) is 1. The van der Waals surface area contributed by atoms with Crippen molar-refractivity contribution < 1.29 is 4.79 Å². The molecule has 2 aromatic rings. The molecule has 0 radical (unpaired) electrons. The maximum absolute atomic E-state index is 12.6. The number of carbonyl (C=O) groups excluding carboxylic acids is 1. The molecule has 0 atom stereocenters. The van der Waals surface area contributed by atoms with Crippen LogP contribution in [0.1, 0.15) is 17.3 Å². The maximum Gasteiger partial charge on any atom is 0.200 e. The van der Waals surface area contributed by atoms with Crippen molar-refractivity contribution in [3.05, 3.63) is 56.9 Å². The smallest absolute Gasteiger partial charge is 0.200 e. The first-order chi connectivity index (χ1) is 9.93. The van der Waals surface area contributed by atoms with Gasteiger partial charge in [-0.05, 0) is 24.6 Å². The first kappa shape index (κ1) is 16.6. The van der Waals surface area contributed by atoms with Crippen molar-refractivity contribution in [2.75, 3.05) is 0 Å². The van der Waals surface area contributed by atoms with Crippen molar-refractivity contribution in [3.8, 4) is 11.1 Å². The zero-order chi connectivity index (χ0) is 15.6. The van der Waals surface area contributed by atoms with Crippen molar-refractivity contribution in [2.45, 2.75) is 17.2 Å². The minimum absolute atomic E-state index is 0.174. The molecule has 0 N–H and O–H groups in total. The van der Waals surface area contributed by atoms with E-state index in [9.17, 15) is 9.59 Å². The van der Waals surface area contributed by atoms with Crippen molar-refractivity contribution in [1.82, 2.24) is 4.57 Å².